The van der Waals surface area contributed by atoms with E-state index in [1.54, 1.807) is 48.8 Å². The molecular formula is C34H31F2N5O4. The number of nitrogens with zero attached hydrogens (tertiary/aromatic N) is 5. The molecule has 0 spiro atoms. The minimum atomic E-state index is -1.04. The summed E-state index contributed by atoms with van der Waals surface area (Å²) in [6, 6.07) is 17.9. The highest BCUT2D eigenvalue weighted by molar-refractivity contribution is 5.93. The van der Waals surface area contributed by atoms with E-state index in [9.17, 15) is 18.4 Å². The lowest BCUT2D eigenvalue weighted by molar-refractivity contribution is 0.0593. The monoisotopic (exact) mass is 611 g/mol. The Labute approximate surface area is 257 Å². The largest absolute Gasteiger partial charge is 0.477 e. The standard InChI is InChI=1S/C18H18FN3O2.C16H13FN2O2/c1-21(2)10-13-11-22(9-12-3-5-14(19)6-4-12)17-8-20-16(18(23)24)7-15(13)17;1-21-16(20)14-8-12-6-7-19(15(12)9-18-14)10-11-2-4-13(17)5-3-11/h3-8,11H,9-10H2,1-2H3,(H,23,24);2-9H,10H2,1H3. The number of halogens is 2. The Hall–Kier alpha value is -5.42. The Balaban J connectivity index is 0.000000179. The molecule has 4 aromatic heterocycles. The van der Waals surface area contributed by atoms with Gasteiger partial charge in [0.2, 0.25) is 0 Å². The first-order valence-electron chi connectivity index (χ1n) is 14.0. The lowest BCUT2D eigenvalue weighted by Gasteiger charge is -2.08. The number of carbonyl (C=O) groups is 2. The van der Waals surface area contributed by atoms with Crippen molar-refractivity contribution in [2.24, 2.45) is 0 Å². The molecule has 0 aliphatic carbocycles. The van der Waals surface area contributed by atoms with Crippen LogP contribution < -0.4 is 0 Å². The number of ether oxygens (including phenoxy) is 1. The number of carboxylic acid groups (broad SMARTS) is 1. The zero-order valence-corrected chi connectivity index (χ0v) is 24.9. The molecule has 1 N–H and O–H groups in total. The minimum Gasteiger partial charge on any atom is -0.477 e. The molecule has 0 aliphatic rings. The third-order valence-electron chi connectivity index (χ3n) is 7.14. The average molecular weight is 612 g/mol. The molecule has 0 amide bonds. The van der Waals surface area contributed by atoms with Crippen LogP contribution in [0.25, 0.3) is 21.8 Å². The van der Waals surface area contributed by atoms with Crippen LogP contribution in [-0.2, 0) is 24.4 Å². The molecule has 0 radical (unpaired) electrons. The Morgan fingerprint density at radius 3 is 1.98 bits per heavy atom. The van der Waals surface area contributed by atoms with Gasteiger partial charge >= 0.3 is 11.9 Å². The summed E-state index contributed by atoms with van der Waals surface area (Å²) in [4.78, 5) is 32.8. The fourth-order valence-electron chi connectivity index (χ4n) is 4.99. The fourth-order valence-corrected chi connectivity index (χ4v) is 4.99. The fraction of sp³-hybridized carbons (Fsp3) is 0.176. The molecule has 6 aromatic rings. The number of hydrogen-bond acceptors (Lipinski definition) is 6. The zero-order valence-electron chi connectivity index (χ0n) is 24.9. The number of carbonyl (C=O) groups excluding carboxylic acids is 1. The van der Waals surface area contributed by atoms with Crippen LogP contribution in [0.1, 0.15) is 37.7 Å². The SMILES string of the molecule is CN(C)Cc1cn(Cc2ccc(F)cc2)c2cnc(C(=O)O)cc12.COC(=O)c1cc2ccn(Cc3ccc(F)cc3)c2cn1. The highest BCUT2D eigenvalue weighted by Gasteiger charge is 2.14. The molecule has 0 unspecified atom stereocenters. The molecule has 0 saturated carbocycles. The number of methoxy groups -OCH3 is 1. The second-order valence-electron chi connectivity index (χ2n) is 10.7. The van der Waals surface area contributed by atoms with Crippen LogP contribution >= 0.6 is 0 Å². The zero-order chi connectivity index (χ0) is 32.1. The Kier molecular flexibility index (Phi) is 9.29. The Morgan fingerprint density at radius 1 is 0.822 bits per heavy atom. The number of pyridine rings is 2. The molecular weight excluding hydrogens is 580 g/mol. The van der Waals surface area contributed by atoms with Gasteiger partial charge in [0.1, 0.15) is 23.0 Å². The van der Waals surface area contributed by atoms with E-state index < -0.39 is 11.9 Å². The van der Waals surface area contributed by atoms with E-state index in [0.717, 1.165) is 38.5 Å². The highest BCUT2D eigenvalue weighted by atomic mass is 19.1. The number of fused-ring (bicyclic) bond motifs is 2. The maximum atomic E-state index is 13.1. The van der Waals surface area contributed by atoms with Crippen LogP contribution in [0.4, 0.5) is 8.78 Å². The smallest absolute Gasteiger partial charge is 0.356 e. The van der Waals surface area contributed by atoms with E-state index >= 15 is 0 Å². The molecule has 11 heteroatoms. The van der Waals surface area contributed by atoms with Crippen molar-refractivity contribution in [3.63, 3.8) is 0 Å². The van der Waals surface area contributed by atoms with Crippen molar-refractivity contribution in [1.82, 2.24) is 24.0 Å². The minimum absolute atomic E-state index is 0.0297. The number of rotatable bonds is 8. The molecule has 230 valence electrons. The van der Waals surface area contributed by atoms with E-state index in [1.165, 1.54) is 31.4 Å². The molecule has 6 rings (SSSR count). The molecule has 2 aromatic carbocycles. The van der Waals surface area contributed by atoms with Gasteiger partial charge in [-0.15, -0.1) is 0 Å². The lowest BCUT2D eigenvalue weighted by Crippen LogP contribution is -2.10. The normalized spacial score (nSPS) is 11.1. The van der Waals surface area contributed by atoms with Gasteiger partial charge < -0.3 is 23.9 Å². The average Bonchev–Trinajstić information content (AvgIpc) is 3.58. The van der Waals surface area contributed by atoms with Gasteiger partial charge in [-0.3, -0.25) is 0 Å². The predicted molar refractivity (Wildman–Crippen MR) is 166 cm³/mol. The van der Waals surface area contributed by atoms with Gasteiger partial charge in [-0.25, -0.2) is 28.3 Å². The van der Waals surface area contributed by atoms with E-state index in [-0.39, 0.29) is 23.0 Å². The third kappa shape index (κ3) is 7.39. The van der Waals surface area contributed by atoms with Crippen LogP contribution in [0, 0.1) is 11.6 Å². The molecule has 0 saturated heterocycles. The quantitative estimate of drug-likeness (QED) is 0.211. The van der Waals surface area contributed by atoms with Crippen LogP contribution in [-0.4, -0.2) is 62.3 Å². The second kappa shape index (κ2) is 13.5. The number of esters is 1. The predicted octanol–water partition coefficient (Wildman–Crippen LogP) is 5.99. The third-order valence-corrected chi connectivity index (χ3v) is 7.14. The summed E-state index contributed by atoms with van der Waals surface area (Å²) in [5, 5.41) is 11.0. The van der Waals surface area contributed by atoms with Gasteiger partial charge in [-0.05, 0) is 73.3 Å². The van der Waals surface area contributed by atoms with Gasteiger partial charge in [0.15, 0.2) is 0 Å². The highest BCUT2D eigenvalue weighted by Crippen LogP contribution is 2.24. The maximum absolute atomic E-state index is 13.1. The number of carboxylic acids is 1. The van der Waals surface area contributed by atoms with Gasteiger partial charge in [0, 0.05) is 42.8 Å². The Morgan fingerprint density at radius 2 is 1.40 bits per heavy atom. The molecule has 45 heavy (non-hydrogen) atoms. The maximum Gasteiger partial charge on any atom is 0.356 e. The van der Waals surface area contributed by atoms with E-state index in [2.05, 4.69) is 14.7 Å². The van der Waals surface area contributed by atoms with Crippen LogP contribution in [0.5, 0.6) is 0 Å². The molecule has 0 atom stereocenters. The van der Waals surface area contributed by atoms with Gasteiger partial charge in [-0.1, -0.05) is 24.3 Å². The van der Waals surface area contributed by atoms with Crippen LogP contribution in [0.15, 0.2) is 91.5 Å². The summed E-state index contributed by atoms with van der Waals surface area (Å²) in [5.74, 6) is -2.01. The van der Waals surface area contributed by atoms with Crippen LogP contribution in [0.2, 0.25) is 0 Å². The number of aromatic nitrogens is 4. The van der Waals surface area contributed by atoms with Crippen molar-refractivity contribution in [2.75, 3.05) is 21.2 Å². The number of benzene rings is 2. The number of hydrogen-bond donors (Lipinski definition) is 1. The molecule has 4 heterocycles. The van der Waals surface area contributed by atoms with Crippen molar-refractivity contribution >= 4 is 33.7 Å². The first-order chi connectivity index (χ1) is 21.6. The van der Waals surface area contributed by atoms with Crippen LogP contribution in [0.3, 0.4) is 0 Å². The first-order valence-corrected chi connectivity index (χ1v) is 14.0. The van der Waals surface area contributed by atoms with Crippen molar-refractivity contribution < 1.29 is 28.2 Å². The summed E-state index contributed by atoms with van der Waals surface area (Å²) in [6.07, 6.45) is 7.14. The van der Waals surface area contributed by atoms with Crippen molar-refractivity contribution in [3.8, 4) is 0 Å². The summed E-state index contributed by atoms with van der Waals surface area (Å²) in [6.45, 7) is 1.87. The van der Waals surface area contributed by atoms with E-state index in [4.69, 9.17) is 5.11 Å². The molecule has 9 nitrogen and oxygen atoms in total. The second-order valence-corrected chi connectivity index (χ2v) is 10.7. The van der Waals surface area contributed by atoms with E-state index in [1.807, 2.05) is 46.6 Å². The molecule has 0 fully saturated rings. The van der Waals surface area contributed by atoms with Crippen molar-refractivity contribution in [2.45, 2.75) is 19.6 Å². The summed E-state index contributed by atoms with van der Waals surface area (Å²) in [7, 11) is 5.25. The molecule has 0 aliphatic heterocycles. The van der Waals surface area contributed by atoms with Gasteiger partial charge in [-0.2, -0.15) is 0 Å². The first kappa shape index (κ1) is 31.0. The molecule has 0 bridgehead atoms. The Bertz CT molecular complexity index is 1970. The topological polar surface area (TPSA) is 102 Å². The van der Waals surface area contributed by atoms with E-state index in [0.29, 0.717) is 19.6 Å². The summed E-state index contributed by atoms with van der Waals surface area (Å²) >= 11 is 0. The lowest BCUT2D eigenvalue weighted by atomic mass is 10.2. The summed E-state index contributed by atoms with van der Waals surface area (Å²) < 4.78 is 34.6. The van der Waals surface area contributed by atoms with Crippen molar-refractivity contribution in [3.05, 3.63) is 131 Å². The van der Waals surface area contributed by atoms with Gasteiger partial charge in [0.05, 0.1) is 30.5 Å². The van der Waals surface area contributed by atoms with Gasteiger partial charge in [0.25, 0.3) is 0 Å². The summed E-state index contributed by atoms with van der Waals surface area (Å²) in [5.41, 5.74) is 5.07. The number of aromatic carboxylic acids is 1. The van der Waals surface area contributed by atoms with Crippen molar-refractivity contribution in [1.29, 1.82) is 0 Å².